The minimum atomic E-state index is -0.282. The topological polar surface area (TPSA) is 76.1 Å². The van der Waals surface area contributed by atoms with Crippen molar-refractivity contribution in [2.45, 2.75) is 6.92 Å². The van der Waals surface area contributed by atoms with Crippen molar-refractivity contribution in [3.05, 3.63) is 46.6 Å². The SMILES string of the molecule is COCCNC(=O)c1ccc(Nc2cccc(Cl)c2C)nn1. The minimum absolute atomic E-state index is 0.254. The Hall–Kier alpha value is -2.18. The van der Waals surface area contributed by atoms with Gasteiger partial charge in [-0.25, -0.2) is 0 Å². The molecule has 0 saturated carbocycles. The first-order valence-corrected chi connectivity index (χ1v) is 7.12. The largest absolute Gasteiger partial charge is 0.383 e. The molecule has 0 unspecified atom stereocenters. The Morgan fingerprint density at radius 3 is 2.77 bits per heavy atom. The van der Waals surface area contributed by atoms with Gasteiger partial charge >= 0.3 is 0 Å². The average Bonchev–Trinajstić information content (AvgIpc) is 2.53. The lowest BCUT2D eigenvalue weighted by Crippen LogP contribution is -2.27. The summed E-state index contributed by atoms with van der Waals surface area (Å²) in [4.78, 5) is 11.8. The van der Waals surface area contributed by atoms with E-state index in [2.05, 4.69) is 20.8 Å². The van der Waals surface area contributed by atoms with Crippen molar-refractivity contribution in [3.8, 4) is 0 Å². The molecule has 0 bridgehead atoms. The number of hydrogen-bond donors (Lipinski definition) is 2. The molecule has 7 heteroatoms. The van der Waals surface area contributed by atoms with Gasteiger partial charge in [0.2, 0.25) is 0 Å². The molecular weight excluding hydrogens is 304 g/mol. The summed E-state index contributed by atoms with van der Waals surface area (Å²) >= 11 is 6.07. The molecule has 2 N–H and O–H groups in total. The number of carbonyl (C=O) groups excluding carboxylic acids is 1. The number of nitrogens with zero attached hydrogens (tertiary/aromatic N) is 2. The van der Waals surface area contributed by atoms with E-state index in [-0.39, 0.29) is 11.6 Å². The number of methoxy groups -OCH3 is 1. The van der Waals surface area contributed by atoms with E-state index >= 15 is 0 Å². The molecule has 1 aromatic heterocycles. The van der Waals surface area contributed by atoms with Crippen LogP contribution >= 0.6 is 11.6 Å². The summed E-state index contributed by atoms with van der Waals surface area (Å²) in [6, 6.07) is 8.87. The molecular formula is C15H17ClN4O2. The fraction of sp³-hybridized carbons (Fsp3) is 0.267. The highest BCUT2D eigenvalue weighted by Gasteiger charge is 2.08. The van der Waals surface area contributed by atoms with Crippen LogP contribution in [0.4, 0.5) is 11.5 Å². The number of carbonyl (C=O) groups is 1. The first kappa shape index (κ1) is 16.2. The molecule has 0 aliphatic heterocycles. The molecule has 22 heavy (non-hydrogen) atoms. The van der Waals surface area contributed by atoms with Crippen molar-refractivity contribution >= 4 is 29.0 Å². The molecule has 2 rings (SSSR count). The highest BCUT2D eigenvalue weighted by atomic mass is 35.5. The molecule has 1 amide bonds. The molecule has 0 atom stereocenters. The van der Waals surface area contributed by atoms with Gasteiger partial charge in [-0.2, -0.15) is 0 Å². The van der Waals surface area contributed by atoms with Gasteiger partial charge in [0.05, 0.1) is 6.61 Å². The molecule has 6 nitrogen and oxygen atoms in total. The Labute approximate surface area is 133 Å². The first-order valence-electron chi connectivity index (χ1n) is 6.75. The number of amides is 1. The van der Waals surface area contributed by atoms with Crippen LogP contribution in [-0.4, -0.2) is 36.4 Å². The van der Waals surface area contributed by atoms with Crippen LogP contribution in [0, 0.1) is 6.92 Å². The molecule has 1 heterocycles. The second kappa shape index (κ2) is 7.72. The standard InChI is InChI=1S/C15H17ClN4O2/c1-10-11(16)4-3-5-12(10)18-14-7-6-13(19-20-14)15(21)17-8-9-22-2/h3-7H,8-9H2,1-2H3,(H,17,21)(H,18,20). The van der Waals surface area contributed by atoms with Crippen LogP contribution < -0.4 is 10.6 Å². The third-order valence-corrected chi connectivity index (χ3v) is 3.43. The quantitative estimate of drug-likeness (QED) is 0.800. The Morgan fingerprint density at radius 2 is 2.09 bits per heavy atom. The summed E-state index contributed by atoms with van der Waals surface area (Å²) in [5, 5.41) is 14.4. The number of ether oxygens (including phenoxy) is 1. The van der Waals surface area contributed by atoms with Gasteiger partial charge in [-0.05, 0) is 36.8 Å². The van der Waals surface area contributed by atoms with E-state index in [1.54, 1.807) is 19.2 Å². The fourth-order valence-electron chi connectivity index (χ4n) is 1.76. The van der Waals surface area contributed by atoms with Gasteiger partial charge in [0.15, 0.2) is 11.5 Å². The van der Waals surface area contributed by atoms with Crippen molar-refractivity contribution in [3.63, 3.8) is 0 Å². The van der Waals surface area contributed by atoms with Crippen molar-refractivity contribution in [1.82, 2.24) is 15.5 Å². The number of hydrogen-bond acceptors (Lipinski definition) is 5. The highest BCUT2D eigenvalue weighted by molar-refractivity contribution is 6.31. The lowest BCUT2D eigenvalue weighted by Gasteiger charge is -2.09. The minimum Gasteiger partial charge on any atom is -0.383 e. The van der Waals surface area contributed by atoms with Crippen LogP contribution in [-0.2, 0) is 4.74 Å². The van der Waals surface area contributed by atoms with E-state index in [1.807, 2.05) is 25.1 Å². The molecule has 0 aliphatic rings. The van der Waals surface area contributed by atoms with Crippen molar-refractivity contribution in [2.75, 3.05) is 25.6 Å². The molecule has 0 radical (unpaired) electrons. The van der Waals surface area contributed by atoms with Crippen LogP contribution in [0.25, 0.3) is 0 Å². The van der Waals surface area contributed by atoms with Gasteiger partial charge < -0.3 is 15.4 Å². The van der Waals surface area contributed by atoms with Crippen LogP contribution in [0.5, 0.6) is 0 Å². The molecule has 0 spiro atoms. The third kappa shape index (κ3) is 4.16. The Balaban J connectivity index is 2.03. The second-order valence-corrected chi connectivity index (χ2v) is 5.00. The van der Waals surface area contributed by atoms with Gasteiger partial charge in [-0.3, -0.25) is 4.79 Å². The number of nitrogens with one attached hydrogen (secondary N) is 2. The fourth-order valence-corrected chi connectivity index (χ4v) is 1.93. The van der Waals surface area contributed by atoms with Gasteiger partial charge in [0.1, 0.15) is 0 Å². The van der Waals surface area contributed by atoms with Gasteiger partial charge in [-0.15, -0.1) is 10.2 Å². The Kier molecular flexibility index (Phi) is 5.68. The molecule has 1 aromatic carbocycles. The van der Waals surface area contributed by atoms with Crippen molar-refractivity contribution < 1.29 is 9.53 Å². The summed E-state index contributed by atoms with van der Waals surface area (Å²) < 4.78 is 4.86. The Bertz CT molecular complexity index is 646. The van der Waals surface area contributed by atoms with Gasteiger partial charge in [0, 0.05) is 24.4 Å². The van der Waals surface area contributed by atoms with Gasteiger partial charge in [0.25, 0.3) is 5.91 Å². The number of rotatable bonds is 6. The van der Waals surface area contributed by atoms with Crippen LogP contribution in [0.15, 0.2) is 30.3 Å². The summed E-state index contributed by atoms with van der Waals surface area (Å²) in [7, 11) is 1.57. The summed E-state index contributed by atoms with van der Waals surface area (Å²) in [5.41, 5.74) is 2.02. The van der Waals surface area contributed by atoms with Gasteiger partial charge in [-0.1, -0.05) is 17.7 Å². The van der Waals surface area contributed by atoms with Crippen LogP contribution in [0.2, 0.25) is 5.02 Å². The monoisotopic (exact) mass is 320 g/mol. The molecule has 2 aromatic rings. The lowest BCUT2D eigenvalue weighted by atomic mass is 10.2. The van der Waals surface area contributed by atoms with Crippen LogP contribution in [0.3, 0.4) is 0 Å². The van der Waals surface area contributed by atoms with E-state index in [0.717, 1.165) is 11.3 Å². The molecule has 0 saturated heterocycles. The zero-order valence-electron chi connectivity index (χ0n) is 12.4. The van der Waals surface area contributed by atoms with E-state index in [1.165, 1.54) is 0 Å². The predicted octanol–water partition coefficient (Wildman–Crippen LogP) is 2.56. The molecule has 116 valence electrons. The maximum Gasteiger partial charge on any atom is 0.271 e. The number of anilines is 2. The number of halogens is 1. The lowest BCUT2D eigenvalue weighted by molar-refractivity contribution is 0.0931. The summed E-state index contributed by atoms with van der Waals surface area (Å²) in [6.07, 6.45) is 0. The smallest absolute Gasteiger partial charge is 0.271 e. The zero-order chi connectivity index (χ0) is 15.9. The summed E-state index contributed by atoms with van der Waals surface area (Å²) in [5.74, 6) is 0.258. The highest BCUT2D eigenvalue weighted by Crippen LogP contribution is 2.25. The predicted molar refractivity (Wildman–Crippen MR) is 85.7 cm³/mol. The maximum atomic E-state index is 11.8. The zero-order valence-corrected chi connectivity index (χ0v) is 13.1. The summed E-state index contributed by atoms with van der Waals surface area (Å²) in [6.45, 7) is 2.79. The van der Waals surface area contributed by atoms with Crippen molar-refractivity contribution in [2.24, 2.45) is 0 Å². The second-order valence-electron chi connectivity index (χ2n) is 4.59. The number of benzene rings is 1. The van der Waals surface area contributed by atoms with E-state index in [4.69, 9.17) is 16.3 Å². The molecule has 0 aliphatic carbocycles. The number of aromatic nitrogens is 2. The molecule has 0 fully saturated rings. The van der Waals surface area contributed by atoms with Crippen LogP contribution in [0.1, 0.15) is 16.1 Å². The average molecular weight is 321 g/mol. The maximum absolute atomic E-state index is 11.8. The van der Waals surface area contributed by atoms with E-state index < -0.39 is 0 Å². The van der Waals surface area contributed by atoms with Crippen molar-refractivity contribution in [1.29, 1.82) is 0 Å². The Morgan fingerprint density at radius 1 is 1.27 bits per heavy atom. The first-order chi connectivity index (χ1) is 10.6. The normalized spacial score (nSPS) is 10.3. The third-order valence-electron chi connectivity index (χ3n) is 3.02. The van der Waals surface area contributed by atoms with E-state index in [0.29, 0.717) is 24.0 Å². The van der Waals surface area contributed by atoms with E-state index in [9.17, 15) is 4.79 Å².